The van der Waals surface area contributed by atoms with Crippen LogP contribution in [0, 0.1) is 5.92 Å². The van der Waals surface area contributed by atoms with Gasteiger partial charge < -0.3 is 30.0 Å². The fraction of sp³-hybridized carbons (Fsp3) is 0.500. The summed E-state index contributed by atoms with van der Waals surface area (Å²) in [6.07, 6.45) is 1.54. The van der Waals surface area contributed by atoms with Crippen LogP contribution in [0.2, 0.25) is 5.02 Å². The van der Waals surface area contributed by atoms with Crippen LogP contribution in [-0.4, -0.2) is 66.4 Å². The van der Waals surface area contributed by atoms with E-state index in [1.54, 1.807) is 0 Å². The van der Waals surface area contributed by atoms with E-state index in [-0.39, 0.29) is 11.1 Å². The molecule has 4 heterocycles. The lowest BCUT2D eigenvalue weighted by atomic mass is 9.76. The van der Waals surface area contributed by atoms with E-state index in [1.807, 2.05) is 16.8 Å². The van der Waals surface area contributed by atoms with Gasteiger partial charge in [0, 0.05) is 31.6 Å². The number of hydrogen-bond donors (Lipinski definition) is 3. The number of nitrogens with zero attached hydrogens (tertiary/aromatic N) is 5. The highest BCUT2D eigenvalue weighted by molar-refractivity contribution is 6.32. The second kappa shape index (κ2) is 9.92. The Morgan fingerprint density at radius 2 is 2.05 bits per heavy atom. The molecule has 1 aliphatic carbocycles. The van der Waals surface area contributed by atoms with Gasteiger partial charge in [0.05, 0.1) is 33.1 Å². The first-order chi connectivity index (χ1) is 18.6. The molecule has 1 aromatic carbocycles. The number of aromatic nitrogens is 5. The molecular weight excluding hydrogens is 535 g/mol. The molecule has 0 spiro atoms. The van der Waals surface area contributed by atoms with Crippen LogP contribution in [0.1, 0.15) is 43.3 Å². The number of ether oxygens (including phenoxy) is 1. The molecular formula is C26H29ClF3N7O2. The van der Waals surface area contributed by atoms with Gasteiger partial charge in [-0.25, -0.2) is 15.0 Å². The summed E-state index contributed by atoms with van der Waals surface area (Å²) in [5.41, 5.74) is 6.49. The molecule has 9 nitrogen and oxygen atoms in total. The van der Waals surface area contributed by atoms with Crippen LogP contribution in [0.15, 0.2) is 30.7 Å². The van der Waals surface area contributed by atoms with Crippen molar-refractivity contribution >= 4 is 39.5 Å². The number of benzene rings is 1. The summed E-state index contributed by atoms with van der Waals surface area (Å²) in [6.45, 7) is 0.702. The number of aromatic amines is 1. The van der Waals surface area contributed by atoms with E-state index < -0.39 is 24.1 Å². The first kappa shape index (κ1) is 26.3. The van der Waals surface area contributed by atoms with E-state index in [9.17, 15) is 18.3 Å². The number of anilines is 1. The fourth-order valence-corrected chi connectivity index (χ4v) is 6.09. The molecule has 1 saturated carbocycles. The minimum Gasteiger partial charge on any atom is -0.388 e. The Kier molecular flexibility index (Phi) is 6.69. The molecule has 208 valence electrons. The topological polar surface area (TPSA) is 118 Å². The molecule has 4 N–H and O–H groups in total. The summed E-state index contributed by atoms with van der Waals surface area (Å²) in [7, 11) is 2.07. The van der Waals surface area contributed by atoms with Crippen molar-refractivity contribution in [3.8, 4) is 0 Å². The maximum Gasteiger partial charge on any atom is 0.417 e. The van der Waals surface area contributed by atoms with E-state index in [4.69, 9.17) is 22.1 Å². The molecule has 13 heteroatoms. The van der Waals surface area contributed by atoms with Crippen LogP contribution in [0.5, 0.6) is 0 Å². The highest BCUT2D eigenvalue weighted by Gasteiger charge is 2.39. The van der Waals surface area contributed by atoms with Gasteiger partial charge in [-0.05, 0) is 50.4 Å². The number of halogens is 4. The molecule has 6 rings (SSSR count). The molecule has 2 aliphatic rings. The number of aliphatic hydroxyl groups is 1. The van der Waals surface area contributed by atoms with Gasteiger partial charge in [-0.1, -0.05) is 11.6 Å². The number of likely N-dealkylation sites (N-methyl/N-ethyl adjacent to an activating group) is 1. The normalized spacial score (nSPS) is 25.7. The smallest absolute Gasteiger partial charge is 0.388 e. The van der Waals surface area contributed by atoms with E-state index >= 15 is 0 Å². The van der Waals surface area contributed by atoms with Crippen LogP contribution >= 0.6 is 11.6 Å². The molecule has 0 unspecified atom stereocenters. The van der Waals surface area contributed by atoms with Crippen LogP contribution in [0.25, 0.3) is 22.1 Å². The van der Waals surface area contributed by atoms with Crippen LogP contribution in [-0.2, 0) is 17.3 Å². The van der Waals surface area contributed by atoms with Crippen molar-refractivity contribution < 1.29 is 23.0 Å². The number of aryl methyl sites for hydroxylation is 1. The van der Waals surface area contributed by atoms with Gasteiger partial charge >= 0.3 is 6.18 Å². The summed E-state index contributed by atoms with van der Waals surface area (Å²) in [5, 5.41) is 11.1. The summed E-state index contributed by atoms with van der Waals surface area (Å²) < 4.78 is 47.5. The number of H-pyrrole nitrogens is 1. The Bertz CT molecular complexity index is 1500. The molecule has 0 bridgehead atoms. The Morgan fingerprint density at radius 3 is 2.82 bits per heavy atom. The molecule has 3 atom stereocenters. The molecule has 0 amide bonds. The van der Waals surface area contributed by atoms with Crippen molar-refractivity contribution in [3.63, 3.8) is 0 Å². The van der Waals surface area contributed by atoms with E-state index in [0.717, 1.165) is 30.7 Å². The van der Waals surface area contributed by atoms with Gasteiger partial charge in [0.1, 0.15) is 29.7 Å². The van der Waals surface area contributed by atoms with E-state index in [0.29, 0.717) is 59.7 Å². The van der Waals surface area contributed by atoms with Crippen molar-refractivity contribution in [2.75, 3.05) is 19.3 Å². The zero-order valence-corrected chi connectivity index (χ0v) is 22.0. The zero-order chi connectivity index (χ0) is 27.5. The van der Waals surface area contributed by atoms with Gasteiger partial charge in [-0.2, -0.15) is 13.2 Å². The quantitative estimate of drug-likeness (QED) is 0.302. The third-order valence-corrected chi connectivity index (χ3v) is 8.33. The van der Waals surface area contributed by atoms with Crippen molar-refractivity contribution in [2.24, 2.45) is 5.92 Å². The number of rotatable bonds is 7. The molecule has 0 radical (unpaired) electrons. The third kappa shape index (κ3) is 5.06. The standard InChI is InChI=1S/C26H29ClF3N7O2/c1-36(11-15-8-21(38)25(39-15)37-5-4-16-23(31)32-12-33-24(16)37)14-6-13(7-14)2-3-22-34-19-9-17(26(28,29)30)18(27)10-20(19)35-22/h4-5,9-10,12-15,21,25,38H,2-3,6-8,11H2,1H3,(H,34,35)(H2,31,32,33)/t13-,14-,15-,21+,25+/m0/s1. The van der Waals surface area contributed by atoms with Gasteiger partial charge in [0.15, 0.2) is 6.23 Å². The summed E-state index contributed by atoms with van der Waals surface area (Å²) >= 11 is 5.82. The molecule has 1 aliphatic heterocycles. The lowest BCUT2D eigenvalue weighted by Gasteiger charge is -2.42. The average molecular weight is 564 g/mol. The predicted molar refractivity (Wildman–Crippen MR) is 140 cm³/mol. The van der Waals surface area contributed by atoms with Gasteiger partial charge in [0.25, 0.3) is 0 Å². The molecule has 39 heavy (non-hydrogen) atoms. The lowest BCUT2D eigenvalue weighted by Crippen LogP contribution is -2.45. The SMILES string of the molecule is CN(C[C@@H]1C[C@@H](O)[C@H](n2ccc3c(N)ncnc32)O1)[C@H]1C[C@H](CCc2nc3cc(Cl)c(C(F)(F)F)cc3[nH]2)C1. The number of alkyl halides is 3. The number of imidazole rings is 1. The third-order valence-electron chi connectivity index (χ3n) is 8.02. The monoisotopic (exact) mass is 563 g/mol. The minimum atomic E-state index is -4.51. The average Bonchev–Trinajstić information content (AvgIpc) is 3.53. The van der Waals surface area contributed by atoms with Crippen molar-refractivity contribution in [1.82, 2.24) is 29.4 Å². The highest BCUT2D eigenvalue weighted by atomic mass is 35.5. The Hall–Kier alpha value is -2.93. The number of nitrogens with one attached hydrogen (secondary N) is 1. The fourth-order valence-electron chi connectivity index (χ4n) is 5.82. The predicted octanol–water partition coefficient (Wildman–Crippen LogP) is 4.55. The van der Waals surface area contributed by atoms with Gasteiger partial charge in [-0.3, -0.25) is 0 Å². The number of fused-ring (bicyclic) bond motifs is 2. The number of nitrogen functional groups attached to an aromatic ring is 1. The van der Waals surface area contributed by atoms with Crippen LogP contribution < -0.4 is 5.73 Å². The van der Waals surface area contributed by atoms with E-state index in [2.05, 4.69) is 31.9 Å². The van der Waals surface area contributed by atoms with Crippen LogP contribution in [0.3, 0.4) is 0 Å². The summed E-state index contributed by atoms with van der Waals surface area (Å²) in [4.78, 5) is 18.1. The maximum absolute atomic E-state index is 13.1. The molecule has 2 fully saturated rings. The van der Waals surface area contributed by atoms with Crippen molar-refractivity contribution in [2.45, 2.75) is 62.8 Å². The Balaban J connectivity index is 0.998. The Labute approximate surface area is 227 Å². The lowest BCUT2D eigenvalue weighted by molar-refractivity contribution is -0.137. The second-order valence-corrected chi connectivity index (χ2v) is 11.1. The maximum atomic E-state index is 13.1. The largest absolute Gasteiger partial charge is 0.417 e. The Morgan fingerprint density at radius 1 is 1.26 bits per heavy atom. The number of nitrogens with two attached hydrogens (primary N) is 1. The van der Waals surface area contributed by atoms with Crippen molar-refractivity contribution in [3.05, 3.63) is 47.1 Å². The minimum absolute atomic E-state index is 0.116. The number of hydrogen-bond acceptors (Lipinski definition) is 7. The summed E-state index contributed by atoms with van der Waals surface area (Å²) in [5.74, 6) is 1.57. The van der Waals surface area contributed by atoms with Crippen LogP contribution in [0.4, 0.5) is 19.0 Å². The first-order valence-electron chi connectivity index (χ1n) is 12.9. The molecule has 4 aromatic rings. The second-order valence-electron chi connectivity index (χ2n) is 10.7. The summed E-state index contributed by atoms with van der Waals surface area (Å²) in [6, 6.07) is 4.53. The highest BCUT2D eigenvalue weighted by Crippen LogP contribution is 2.38. The molecule has 1 saturated heterocycles. The van der Waals surface area contributed by atoms with Crippen molar-refractivity contribution in [1.29, 1.82) is 0 Å². The first-order valence-corrected chi connectivity index (χ1v) is 13.3. The van der Waals surface area contributed by atoms with E-state index in [1.165, 1.54) is 12.4 Å². The number of aliphatic hydroxyl groups excluding tert-OH is 1. The van der Waals surface area contributed by atoms with Gasteiger partial charge in [-0.15, -0.1) is 0 Å². The zero-order valence-electron chi connectivity index (χ0n) is 21.2. The molecule has 3 aromatic heterocycles. The van der Waals surface area contributed by atoms with Gasteiger partial charge in [0.2, 0.25) is 0 Å².